The molecule has 1 aromatic carbocycles. The Morgan fingerprint density at radius 1 is 1.40 bits per heavy atom. The first-order valence-electron chi connectivity index (χ1n) is 6.26. The third-order valence-electron chi connectivity index (χ3n) is 2.65. The molecule has 0 saturated carbocycles. The molecule has 0 atom stereocenters. The van der Waals surface area contributed by atoms with E-state index in [0.717, 1.165) is 22.7 Å². The van der Waals surface area contributed by atoms with E-state index in [9.17, 15) is 0 Å². The third kappa shape index (κ3) is 3.08. The Morgan fingerprint density at radius 3 is 2.80 bits per heavy atom. The van der Waals surface area contributed by atoms with Crippen LogP contribution < -0.4 is 15.2 Å². The molecular formula is C14H17N3O2S. The van der Waals surface area contributed by atoms with Gasteiger partial charge >= 0.3 is 0 Å². The molecule has 6 heteroatoms. The topological polar surface area (TPSA) is 81.2 Å². The molecular weight excluding hydrogens is 274 g/mol. The Bertz CT molecular complexity index is 610. The van der Waals surface area contributed by atoms with E-state index in [-0.39, 0.29) is 5.84 Å². The van der Waals surface area contributed by atoms with Crippen LogP contribution in [0.3, 0.4) is 0 Å². The van der Waals surface area contributed by atoms with Gasteiger partial charge in [0, 0.05) is 10.9 Å². The highest BCUT2D eigenvalue weighted by atomic mass is 32.1. The van der Waals surface area contributed by atoms with Gasteiger partial charge in [0.25, 0.3) is 0 Å². The number of nitrogens with two attached hydrogens (primary N) is 1. The van der Waals surface area contributed by atoms with Gasteiger partial charge in [-0.2, -0.15) is 0 Å². The molecule has 0 amide bonds. The highest BCUT2D eigenvalue weighted by Crippen LogP contribution is 2.33. The monoisotopic (exact) mass is 291 g/mol. The van der Waals surface area contributed by atoms with Gasteiger partial charge in [-0.05, 0) is 24.6 Å². The second-order valence-electron chi connectivity index (χ2n) is 4.17. The molecule has 0 bridgehead atoms. The number of nitrogens with zero attached hydrogens (tertiary/aromatic N) is 1. The number of methoxy groups -OCH3 is 1. The van der Waals surface area contributed by atoms with Crippen LogP contribution in [0.15, 0.2) is 23.6 Å². The Balaban J connectivity index is 2.30. The second kappa shape index (κ2) is 6.38. The van der Waals surface area contributed by atoms with Crippen LogP contribution in [0.1, 0.15) is 19.0 Å². The quantitative estimate of drug-likeness (QED) is 0.633. The van der Waals surface area contributed by atoms with Gasteiger partial charge in [0.2, 0.25) is 0 Å². The van der Waals surface area contributed by atoms with Crippen molar-refractivity contribution in [3.05, 3.63) is 29.3 Å². The van der Waals surface area contributed by atoms with Crippen LogP contribution in [0.5, 0.6) is 11.5 Å². The number of nitrogens with one attached hydrogen (secondary N) is 1. The summed E-state index contributed by atoms with van der Waals surface area (Å²) >= 11 is 1.45. The lowest BCUT2D eigenvalue weighted by molar-refractivity contribution is 0.294. The van der Waals surface area contributed by atoms with Gasteiger partial charge in [-0.3, -0.25) is 5.41 Å². The molecule has 0 fully saturated rings. The minimum atomic E-state index is -0.0256. The number of thiazole rings is 1. The fourth-order valence-electron chi connectivity index (χ4n) is 1.66. The van der Waals surface area contributed by atoms with Crippen molar-refractivity contribution in [1.82, 2.24) is 4.98 Å². The largest absolute Gasteiger partial charge is 0.493 e. The van der Waals surface area contributed by atoms with Crippen LogP contribution in [-0.2, 0) is 0 Å². The average Bonchev–Trinajstić information content (AvgIpc) is 2.95. The molecule has 0 saturated heterocycles. The Kier molecular flexibility index (Phi) is 4.57. The van der Waals surface area contributed by atoms with E-state index < -0.39 is 0 Å². The Labute approximate surface area is 121 Å². The zero-order valence-electron chi connectivity index (χ0n) is 11.5. The first-order valence-corrected chi connectivity index (χ1v) is 7.14. The molecule has 106 valence electrons. The minimum Gasteiger partial charge on any atom is -0.493 e. The van der Waals surface area contributed by atoms with Crippen LogP contribution in [0.4, 0.5) is 0 Å². The van der Waals surface area contributed by atoms with E-state index in [1.165, 1.54) is 11.3 Å². The first kappa shape index (κ1) is 14.3. The number of hydrogen-bond donors (Lipinski definition) is 2. The zero-order chi connectivity index (χ0) is 14.5. The maximum Gasteiger partial charge on any atom is 0.161 e. The second-order valence-corrected chi connectivity index (χ2v) is 5.02. The molecule has 5 nitrogen and oxygen atoms in total. The van der Waals surface area contributed by atoms with Crippen LogP contribution >= 0.6 is 11.3 Å². The summed E-state index contributed by atoms with van der Waals surface area (Å²) in [5.74, 6) is 1.37. The molecule has 1 aromatic heterocycles. The Hall–Kier alpha value is -2.08. The molecule has 0 radical (unpaired) electrons. The van der Waals surface area contributed by atoms with Gasteiger partial charge in [-0.25, -0.2) is 4.98 Å². The molecule has 0 aliphatic rings. The minimum absolute atomic E-state index is 0.0256. The molecule has 2 rings (SSSR count). The van der Waals surface area contributed by atoms with Crippen molar-refractivity contribution in [2.45, 2.75) is 13.3 Å². The number of nitrogen functional groups attached to an aromatic ring is 1. The molecule has 3 N–H and O–H groups in total. The van der Waals surface area contributed by atoms with E-state index in [1.54, 1.807) is 12.5 Å². The predicted molar refractivity (Wildman–Crippen MR) is 80.9 cm³/mol. The van der Waals surface area contributed by atoms with Crippen molar-refractivity contribution in [3.63, 3.8) is 0 Å². The first-order chi connectivity index (χ1) is 9.65. The van der Waals surface area contributed by atoms with Crippen molar-refractivity contribution in [2.75, 3.05) is 13.7 Å². The summed E-state index contributed by atoms with van der Waals surface area (Å²) in [5.41, 5.74) is 6.84. The lowest BCUT2D eigenvalue weighted by atomic mass is 10.2. The fraction of sp³-hybridized carbons (Fsp3) is 0.286. The third-order valence-corrected chi connectivity index (χ3v) is 3.54. The van der Waals surface area contributed by atoms with Gasteiger partial charge in [-0.1, -0.05) is 6.92 Å². The van der Waals surface area contributed by atoms with Crippen molar-refractivity contribution < 1.29 is 9.47 Å². The summed E-state index contributed by atoms with van der Waals surface area (Å²) in [6, 6.07) is 5.68. The molecule has 2 aromatic rings. The summed E-state index contributed by atoms with van der Waals surface area (Å²) in [6.07, 6.45) is 0.944. The molecule has 0 spiro atoms. The molecule has 0 aliphatic carbocycles. The van der Waals surface area contributed by atoms with Gasteiger partial charge in [0.1, 0.15) is 16.5 Å². The SMILES string of the molecule is CCCOc1ccc(-c2nc(C(=N)N)cs2)cc1OC. The molecule has 20 heavy (non-hydrogen) atoms. The van der Waals surface area contributed by atoms with E-state index in [2.05, 4.69) is 11.9 Å². The van der Waals surface area contributed by atoms with Gasteiger partial charge in [0.05, 0.1) is 13.7 Å². The summed E-state index contributed by atoms with van der Waals surface area (Å²) in [5, 5.41) is 9.95. The van der Waals surface area contributed by atoms with E-state index >= 15 is 0 Å². The van der Waals surface area contributed by atoms with E-state index in [0.29, 0.717) is 18.1 Å². The van der Waals surface area contributed by atoms with Gasteiger partial charge in [0.15, 0.2) is 11.5 Å². The lowest BCUT2D eigenvalue weighted by Gasteiger charge is -2.10. The normalized spacial score (nSPS) is 10.3. The highest BCUT2D eigenvalue weighted by molar-refractivity contribution is 7.13. The smallest absolute Gasteiger partial charge is 0.161 e. The van der Waals surface area contributed by atoms with Crippen molar-refractivity contribution >= 4 is 17.2 Å². The summed E-state index contributed by atoms with van der Waals surface area (Å²) in [6.45, 7) is 2.71. The molecule has 0 aliphatic heterocycles. The van der Waals surface area contributed by atoms with Crippen molar-refractivity contribution in [2.24, 2.45) is 5.73 Å². The summed E-state index contributed by atoms with van der Waals surface area (Å²) in [4.78, 5) is 4.32. The fourth-order valence-corrected chi connectivity index (χ4v) is 2.48. The molecule has 1 heterocycles. The number of amidine groups is 1. The average molecular weight is 291 g/mol. The van der Waals surface area contributed by atoms with E-state index in [1.807, 2.05) is 18.2 Å². The number of ether oxygens (including phenoxy) is 2. The number of rotatable bonds is 6. The number of benzene rings is 1. The van der Waals surface area contributed by atoms with Crippen molar-refractivity contribution in [1.29, 1.82) is 5.41 Å². The molecule has 0 unspecified atom stereocenters. The summed E-state index contributed by atoms with van der Waals surface area (Å²) < 4.78 is 11.0. The maximum atomic E-state index is 7.38. The number of aromatic nitrogens is 1. The van der Waals surface area contributed by atoms with Gasteiger partial charge < -0.3 is 15.2 Å². The summed E-state index contributed by atoms with van der Waals surface area (Å²) in [7, 11) is 1.61. The standard InChI is InChI=1S/C14H17N3O2S/c1-3-6-19-11-5-4-9(7-12(11)18-2)14-17-10(8-20-14)13(15)16/h4-5,7-8H,3,6H2,1-2H3,(H3,15,16). The number of hydrogen-bond acceptors (Lipinski definition) is 5. The van der Waals surface area contributed by atoms with Crippen LogP contribution in [0, 0.1) is 5.41 Å². The predicted octanol–water partition coefficient (Wildman–Crippen LogP) is 2.89. The van der Waals surface area contributed by atoms with E-state index in [4.69, 9.17) is 20.6 Å². The van der Waals surface area contributed by atoms with Crippen LogP contribution in [0.2, 0.25) is 0 Å². The zero-order valence-corrected chi connectivity index (χ0v) is 12.3. The van der Waals surface area contributed by atoms with Crippen molar-refractivity contribution in [3.8, 4) is 22.1 Å². The lowest BCUT2D eigenvalue weighted by Crippen LogP contribution is -2.11. The van der Waals surface area contributed by atoms with Crippen LogP contribution in [0.25, 0.3) is 10.6 Å². The Morgan fingerprint density at radius 2 is 2.20 bits per heavy atom. The van der Waals surface area contributed by atoms with Gasteiger partial charge in [-0.15, -0.1) is 11.3 Å². The maximum absolute atomic E-state index is 7.38. The van der Waals surface area contributed by atoms with Crippen LogP contribution in [-0.4, -0.2) is 24.5 Å². The highest BCUT2D eigenvalue weighted by Gasteiger charge is 2.10.